The van der Waals surface area contributed by atoms with Gasteiger partial charge in [0, 0.05) is 18.4 Å². The lowest BCUT2D eigenvalue weighted by molar-refractivity contribution is 0.566. The molecule has 15 heavy (non-hydrogen) atoms. The van der Waals surface area contributed by atoms with E-state index in [0.29, 0.717) is 6.04 Å². The van der Waals surface area contributed by atoms with Crippen molar-refractivity contribution in [3.63, 3.8) is 0 Å². The standard InChI is InChI=1S/C10H15N5/c1-8(10-6-11-7-13-10)12-3-2-9-4-14-15-5-9/h4-8,12H,2-3H2,1H3,(H,11,13)(H,14,15). The number of rotatable bonds is 5. The highest BCUT2D eigenvalue weighted by Crippen LogP contribution is 2.06. The Morgan fingerprint density at radius 3 is 3.07 bits per heavy atom. The SMILES string of the molecule is CC(NCCc1cn[nH]c1)c1cnc[nH]1. The fourth-order valence-corrected chi connectivity index (χ4v) is 1.46. The molecule has 5 heteroatoms. The lowest BCUT2D eigenvalue weighted by atomic mass is 10.2. The normalized spacial score (nSPS) is 12.9. The van der Waals surface area contributed by atoms with Crippen molar-refractivity contribution in [1.82, 2.24) is 25.5 Å². The monoisotopic (exact) mass is 205 g/mol. The third-order valence-electron chi connectivity index (χ3n) is 2.40. The molecule has 2 rings (SSSR count). The first-order chi connectivity index (χ1) is 7.36. The van der Waals surface area contributed by atoms with Gasteiger partial charge in [-0.25, -0.2) is 4.98 Å². The molecule has 0 radical (unpaired) electrons. The van der Waals surface area contributed by atoms with E-state index < -0.39 is 0 Å². The molecule has 80 valence electrons. The first-order valence-corrected chi connectivity index (χ1v) is 5.05. The molecular weight excluding hydrogens is 190 g/mol. The van der Waals surface area contributed by atoms with Crippen molar-refractivity contribution in [1.29, 1.82) is 0 Å². The number of imidazole rings is 1. The predicted octanol–water partition coefficient (Wildman–Crippen LogP) is 1.03. The lowest BCUT2D eigenvalue weighted by Gasteiger charge is -2.10. The second-order valence-corrected chi connectivity index (χ2v) is 3.54. The molecule has 0 saturated heterocycles. The first kappa shape index (κ1) is 9.92. The Morgan fingerprint density at radius 2 is 2.40 bits per heavy atom. The molecule has 0 aliphatic heterocycles. The summed E-state index contributed by atoms with van der Waals surface area (Å²) in [5.74, 6) is 0. The van der Waals surface area contributed by atoms with Gasteiger partial charge in [0.15, 0.2) is 0 Å². The molecule has 0 spiro atoms. The Morgan fingerprint density at radius 1 is 1.47 bits per heavy atom. The highest BCUT2D eigenvalue weighted by atomic mass is 15.1. The van der Waals surface area contributed by atoms with Crippen molar-refractivity contribution in [2.24, 2.45) is 0 Å². The van der Waals surface area contributed by atoms with Gasteiger partial charge in [-0.3, -0.25) is 5.10 Å². The van der Waals surface area contributed by atoms with Gasteiger partial charge in [0.1, 0.15) is 0 Å². The van der Waals surface area contributed by atoms with Crippen LogP contribution in [0.4, 0.5) is 0 Å². The fourth-order valence-electron chi connectivity index (χ4n) is 1.46. The zero-order chi connectivity index (χ0) is 10.5. The minimum Gasteiger partial charge on any atom is -0.347 e. The maximum Gasteiger partial charge on any atom is 0.0922 e. The number of aromatic amines is 2. The molecule has 2 aromatic rings. The Kier molecular flexibility index (Phi) is 3.14. The van der Waals surface area contributed by atoms with Crippen LogP contribution in [0.25, 0.3) is 0 Å². The summed E-state index contributed by atoms with van der Waals surface area (Å²) in [6.45, 7) is 3.04. The highest BCUT2D eigenvalue weighted by molar-refractivity contribution is 5.04. The summed E-state index contributed by atoms with van der Waals surface area (Å²) in [5, 5.41) is 10.1. The van der Waals surface area contributed by atoms with E-state index in [9.17, 15) is 0 Å². The smallest absolute Gasteiger partial charge is 0.0922 e. The van der Waals surface area contributed by atoms with Crippen LogP contribution in [0.3, 0.4) is 0 Å². The van der Waals surface area contributed by atoms with Gasteiger partial charge < -0.3 is 10.3 Å². The van der Waals surface area contributed by atoms with Crippen molar-refractivity contribution in [3.8, 4) is 0 Å². The zero-order valence-corrected chi connectivity index (χ0v) is 8.70. The van der Waals surface area contributed by atoms with Crippen LogP contribution in [-0.4, -0.2) is 26.7 Å². The molecule has 2 aromatic heterocycles. The summed E-state index contributed by atoms with van der Waals surface area (Å²) < 4.78 is 0. The van der Waals surface area contributed by atoms with Crippen molar-refractivity contribution in [2.75, 3.05) is 6.54 Å². The topological polar surface area (TPSA) is 69.4 Å². The van der Waals surface area contributed by atoms with Gasteiger partial charge >= 0.3 is 0 Å². The minimum absolute atomic E-state index is 0.305. The summed E-state index contributed by atoms with van der Waals surface area (Å²) >= 11 is 0. The molecule has 0 aliphatic rings. The molecule has 3 N–H and O–H groups in total. The van der Waals surface area contributed by atoms with Crippen molar-refractivity contribution in [2.45, 2.75) is 19.4 Å². The van der Waals surface area contributed by atoms with E-state index in [1.165, 1.54) is 5.56 Å². The average molecular weight is 205 g/mol. The van der Waals surface area contributed by atoms with Crippen molar-refractivity contribution >= 4 is 0 Å². The number of nitrogens with zero attached hydrogens (tertiary/aromatic N) is 2. The zero-order valence-electron chi connectivity index (χ0n) is 8.70. The molecule has 0 saturated carbocycles. The molecule has 2 heterocycles. The van der Waals surface area contributed by atoms with Gasteiger partial charge in [-0.2, -0.15) is 5.10 Å². The number of hydrogen-bond donors (Lipinski definition) is 3. The van der Waals surface area contributed by atoms with Crippen LogP contribution in [0.2, 0.25) is 0 Å². The van der Waals surface area contributed by atoms with E-state index in [-0.39, 0.29) is 0 Å². The van der Waals surface area contributed by atoms with Gasteiger partial charge in [0.05, 0.1) is 18.2 Å². The maximum atomic E-state index is 3.99. The number of hydrogen-bond acceptors (Lipinski definition) is 3. The van der Waals surface area contributed by atoms with Crippen LogP contribution in [-0.2, 0) is 6.42 Å². The Hall–Kier alpha value is -1.62. The molecule has 5 nitrogen and oxygen atoms in total. The van der Waals surface area contributed by atoms with Crippen LogP contribution >= 0.6 is 0 Å². The summed E-state index contributed by atoms with van der Waals surface area (Å²) in [6.07, 6.45) is 8.29. The number of aromatic nitrogens is 4. The minimum atomic E-state index is 0.305. The average Bonchev–Trinajstić information content (AvgIpc) is 2.90. The second-order valence-electron chi connectivity index (χ2n) is 3.54. The molecule has 0 fully saturated rings. The Labute approximate surface area is 88.3 Å². The van der Waals surface area contributed by atoms with E-state index in [1.54, 1.807) is 6.33 Å². The van der Waals surface area contributed by atoms with Crippen LogP contribution in [0.15, 0.2) is 24.9 Å². The highest BCUT2D eigenvalue weighted by Gasteiger charge is 2.04. The maximum absolute atomic E-state index is 3.99. The first-order valence-electron chi connectivity index (χ1n) is 5.05. The van der Waals surface area contributed by atoms with E-state index in [0.717, 1.165) is 18.7 Å². The molecule has 0 aromatic carbocycles. The van der Waals surface area contributed by atoms with E-state index in [4.69, 9.17) is 0 Å². The number of H-pyrrole nitrogens is 2. The van der Waals surface area contributed by atoms with Crippen LogP contribution in [0.1, 0.15) is 24.2 Å². The lowest BCUT2D eigenvalue weighted by Crippen LogP contribution is -2.21. The Balaban J connectivity index is 1.74. The Bertz CT molecular complexity index is 364. The van der Waals surface area contributed by atoms with Crippen LogP contribution in [0, 0.1) is 0 Å². The van der Waals surface area contributed by atoms with Gasteiger partial charge in [-0.1, -0.05) is 0 Å². The summed E-state index contributed by atoms with van der Waals surface area (Å²) in [4.78, 5) is 7.08. The van der Waals surface area contributed by atoms with Gasteiger partial charge in [-0.15, -0.1) is 0 Å². The summed E-state index contributed by atoms with van der Waals surface area (Å²) in [5.41, 5.74) is 2.33. The van der Waals surface area contributed by atoms with E-state index >= 15 is 0 Å². The van der Waals surface area contributed by atoms with E-state index in [2.05, 4.69) is 32.4 Å². The molecule has 0 aliphatic carbocycles. The molecule has 0 amide bonds. The quantitative estimate of drug-likeness (QED) is 0.682. The predicted molar refractivity (Wildman–Crippen MR) is 57.3 cm³/mol. The molecule has 1 atom stereocenters. The largest absolute Gasteiger partial charge is 0.347 e. The third kappa shape index (κ3) is 2.66. The molecule has 1 unspecified atom stereocenters. The molecular formula is C10H15N5. The van der Waals surface area contributed by atoms with Crippen molar-refractivity contribution in [3.05, 3.63) is 36.2 Å². The fraction of sp³-hybridized carbons (Fsp3) is 0.400. The van der Waals surface area contributed by atoms with Crippen LogP contribution in [0.5, 0.6) is 0 Å². The number of nitrogens with one attached hydrogen (secondary N) is 3. The second kappa shape index (κ2) is 4.75. The summed E-state index contributed by atoms with van der Waals surface area (Å²) in [7, 11) is 0. The van der Waals surface area contributed by atoms with Gasteiger partial charge in [-0.05, 0) is 25.5 Å². The van der Waals surface area contributed by atoms with Gasteiger partial charge in [0.25, 0.3) is 0 Å². The summed E-state index contributed by atoms with van der Waals surface area (Å²) in [6, 6.07) is 0.305. The van der Waals surface area contributed by atoms with Gasteiger partial charge in [0.2, 0.25) is 0 Å². The van der Waals surface area contributed by atoms with Crippen molar-refractivity contribution < 1.29 is 0 Å². The van der Waals surface area contributed by atoms with Crippen LogP contribution < -0.4 is 5.32 Å². The van der Waals surface area contributed by atoms with E-state index in [1.807, 2.05) is 18.6 Å². The third-order valence-corrected chi connectivity index (χ3v) is 2.40. The molecule has 0 bridgehead atoms.